The minimum absolute atomic E-state index is 0.918. The van der Waals surface area contributed by atoms with Gasteiger partial charge >= 0.3 is 0 Å². The van der Waals surface area contributed by atoms with E-state index < -0.39 is 0 Å². The van der Waals surface area contributed by atoms with E-state index in [1.165, 1.54) is 27.4 Å². The summed E-state index contributed by atoms with van der Waals surface area (Å²) in [6, 6.07) is 15.1. The number of rotatable bonds is 2. The molecule has 2 aromatic carbocycles. The predicted octanol–water partition coefficient (Wildman–Crippen LogP) is 4.06. The second kappa shape index (κ2) is 3.77. The number of benzene rings is 2. The van der Waals surface area contributed by atoms with Crippen molar-refractivity contribution in [3.63, 3.8) is 0 Å². The smallest absolute Gasteiger partial charge is 0.0524 e. The van der Waals surface area contributed by atoms with Crippen LogP contribution in [0.4, 0.5) is 0 Å². The maximum Gasteiger partial charge on any atom is 0.0524 e. The molecule has 84 valence electrons. The zero-order valence-corrected chi connectivity index (χ0v) is 9.98. The van der Waals surface area contributed by atoms with E-state index in [9.17, 15) is 0 Å². The monoisotopic (exact) mass is 221 g/mol. The molecule has 0 atom stereocenters. The zero-order valence-electron chi connectivity index (χ0n) is 9.98. The van der Waals surface area contributed by atoms with Gasteiger partial charge in [0.25, 0.3) is 0 Å². The van der Waals surface area contributed by atoms with Crippen molar-refractivity contribution in [3.05, 3.63) is 60.7 Å². The molecular weight excluding hydrogens is 206 g/mol. The molecule has 0 saturated carbocycles. The van der Waals surface area contributed by atoms with Gasteiger partial charge < -0.3 is 4.57 Å². The van der Waals surface area contributed by atoms with Crippen LogP contribution in [0.1, 0.15) is 5.56 Å². The largest absolute Gasteiger partial charge is 0.343 e. The van der Waals surface area contributed by atoms with Crippen LogP contribution in [0.3, 0.4) is 0 Å². The average molecular weight is 221 g/mol. The molecule has 0 aliphatic rings. The normalized spacial score (nSPS) is 11.1. The van der Waals surface area contributed by atoms with E-state index in [1.54, 1.807) is 0 Å². The summed E-state index contributed by atoms with van der Waals surface area (Å²) in [5.74, 6) is 0. The Balaban J connectivity index is 2.52. The average Bonchev–Trinajstić information content (AvgIpc) is 2.66. The maximum atomic E-state index is 3.84. The van der Waals surface area contributed by atoms with Gasteiger partial charge in [0.2, 0.25) is 0 Å². The predicted molar refractivity (Wildman–Crippen MR) is 74.3 cm³/mol. The maximum absolute atomic E-state index is 3.84. The Morgan fingerprint density at radius 1 is 1.06 bits per heavy atom. The molecule has 1 heteroatoms. The number of hydrogen-bond donors (Lipinski definition) is 0. The van der Waals surface area contributed by atoms with E-state index in [4.69, 9.17) is 0 Å². The van der Waals surface area contributed by atoms with Crippen LogP contribution in [0.5, 0.6) is 0 Å². The zero-order chi connectivity index (χ0) is 11.8. The summed E-state index contributed by atoms with van der Waals surface area (Å²) in [5.41, 5.74) is 3.96. The number of fused-ring (bicyclic) bond motifs is 3. The number of nitrogens with zero attached hydrogens (tertiary/aromatic N) is 1. The summed E-state index contributed by atoms with van der Waals surface area (Å²) < 4.78 is 2.28. The van der Waals surface area contributed by atoms with Gasteiger partial charge in [0.05, 0.1) is 5.52 Å². The van der Waals surface area contributed by atoms with Gasteiger partial charge in [-0.15, -0.1) is 6.58 Å². The van der Waals surface area contributed by atoms with Crippen molar-refractivity contribution >= 4 is 21.8 Å². The van der Waals surface area contributed by atoms with E-state index >= 15 is 0 Å². The van der Waals surface area contributed by atoms with Crippen molar-refractivity contribution in [1.29, 1.82) is 0 Å². The lowest BCUT2D eigenvalue weighted by Crippen LogP contribution is -1.91. The van der Waals surface area contributed by atoms with Crippen LogP contribution >= 0.6 is 0 Å². The molecule has 3 rings (SSSR count). The number of aromatic nitrogens is 1. The van der Waals surface area contributed by atoms with Gasteiger partial charge in [-0.05, 0) is 18.1 Å². The lowest BCUT2D eigenvalue weighted by Gasteiger charge is -2.03. The Morgan fingerprint density at radius 3 is 2.65 bits per heavy atom. The van der Waals surface area contributed by atoms with E-state index in [0.717, 1.165) is 6.42 Å². The lowest BCUT2D eigenvalue weighted by molar-refractivity contribution is 1.00. The van der Waals surface area contributed by atoms with Crippen molar-refractivity contribution in [2.45, 2.75) is 6.42 Å². The third-order valence-corrected chi connectivity index (χ3v) is 3.37. The van der Waals surface area contributed by atoms with Gasteiger partial charge in [-0.25, -0.2) is 0 Å². The summed E-state index contributed by atoms with van der Waals surface area (Å²) in [7, 11) is 2.14. The number of aryl methyl sites for hydroxylation is 1. The molecule has 17 heavy (non-hydrogen) atoms. The van der Waals surface area contributed by atoms with E-state index in [0.29, 0.717) is 0 Å². The van der Waals surface area contributed by atoms with Crippen LogP contribution in [0.2, 0.25) is 0 Å². The number of hydrogen-bond acceptors (Lipinski definition) is 0. The SMILES string of the molecule is C=CCc1cccc2c3ccccc3n(C)c12. The second-order valence-electron chi connectivity index (χ2n) is 4.38. The molecule has 1 heterocycles. The Bertz CT molecular complexity index is 704. The van der Waals surface area contributed by atoms with Gasteiger partial charge in [-0.2, -0.15) is 0 Å². The molecule has 0 N–H and O–H groups in total. The first kappa shape index (κ1) is 10.2. The summed E-state index contributed by atoms with van der Waals surface area (Å²) in [4.78, 5) is 0. The van der Waals surface area contributed by atoms with Gasteiger partial charge in [0.15, 0.2) is 0 Å². The Kier molecular flexibility index (Phi) is 2.25. The van der Waals surface area contributed by atoms with Crippen LogP contribution in [0, 0.1) is 0 Å². The third kappa shape index (κ3) is 1.39. The van der Waals surface area contributed by atoms with Gasteiger partial charge in [0, 0.05) is 23.3 Å². The molecular formula is C16H15N. The molecule has 0 saturated heterocycles. The van der Waals surface area contributed by atoms with Crippen molar-refractivity contribution in [3.8, 4) is 0 Å². The fraction of sp³-hybridized carbons (Fsp3) is 0.125. The molecule has 3 aromatic rings. The molecule has 1 nitrogen and oxygen atoms in total. The lowest BCUT2D eigenvalue weighted by atomic mass is 10.1. The Labute approximate surface area is 101 Å². The van der Waals surface area contributed by atoms with Crippen LogP contribution < -0.4 is 0 Å². The molecule has 0 aliphatic heterocycles. The van der Waals surface area contributed by atoms with Gasteiger partial charge in [-0.1, -0.05) is 42.5 Å². The minimum Gasteiger partial charge on any atom is -0.343 e. The number of allylic oxidation sites excluding steroid dienone is 1. The van der Waals surface area contributed by atoms with Crippen LogP contribution in [-0.4, -0.2) is 4.57 Å². The van der Waals surface area contributed by atoms with Crippen molar-refractivity contribution in [1.82, 2.24) is 4.57 Å². The molecule has 1 aromatic heterocycles. The topological polar surface area (TPSA) is 4.93 Å². The fourth-order valence-corrected chi connectivity index (χ4v) is 2.64. The first-order chi connectivity index (χ1) is 8.33. The molecule has 0 bridgehead atoms. The van der Waals surface area contributed by atoms with Gasteiger partial charge in [0.1, 0.15) is 0 Å². The molecule has 0 fully saturated rings. The summed E-state index contributed by atoms with van der Waals surface area (Å²) in [5, 5.41) is 2.67. The highest BCUT2D eigenvalue weighted by Crippen LogP contribution is 2.30. The van der Waals surface area contributed by atoms with E-state index in [2.05, 4.69) is 60.7 Å². The molecule has 0 amide bonds. The molecule has 0 spiro atoms. The van der Waals surface area contributed by atoms with Gasteiger partial charge in [-0.3, -0.25) is 0 Å². The molecule has 0 aliphatic carbocycles. The summed E-state index contributed by atoms with van der Waals surface area (Å²) in [6.45, 7) is 3.84. The Morgan fingerprint density at radius 2 is 1.82 bits per heavy atom. The first-order valence-corrected chi connectivity index (χ1v) is 5.89. The van der Waals surface area contributed by atoms with Crippen molar-refractivity contribution in [2.24, 2.45) is 7.05 Å². The molecule has 0 radical (unpaired) electrons. The van der Waals surface area contributed by atoms with Crippen LogP contribution in [0.15, 0.2) is 55.1 Å². The molecule has 0 unspecified atom stereocenters. The quantitative estimate of drug-likeness (QED) is 0.575. The van der Waals surface area contributed by atoms with Crippen molar-refractivity contribution in [2.75, 3.05) is 0 Å². The Hall–Kier alpha value is -2.02. The standard InChI is InChI=1S/C16H15N/c1-3-7-12-8-6-10-14-13-9-4-5-11-15(13)17(2)16(12)14/h3-6,8-11H,1,7H2,2H3. The first-order valence-electron chi connectivity index (χ1n) is 5.89. The third-order valence-electron chi connectivity index (χ3n) is 3.37. The van der Waals surface area contributed by atoms with Crippen LogP contribution in [0.25, 0.3) is 21.8 Å². The summed E-state index contributed by atoms with van der Waals surface area (Å²) >= 11 is 0. The second-order valence-corrected chi connectivity index (χ2v) is 4.38. The minimum atomic E-state index is 0.918. The van der Waals surface area contributed by atoms with E-state index in [1.807, 2.05) is 6.08 Å². The highest BCUT2D eigenvalue weighted by atomic mass is 14.9. The summed E-state index contributed by atoms with van der Waals surface area (Å²) in [6.07, 6.45) is 2.88. The van der Waals surface area contributed by atoms with Crippen LogP contribution in [-0.2, 0) is 13.5 Å². The number of para-hydroxylation sites is 2. The highest BCUT2D eigenvalue weighted by molar-refractivity contribution is 6.09. The highest BCUT2D eigenvalue weighted by Gasteiger charge is 2.09. The van der Waals surface area contributed by atoms with Crippen molar-refractivity contribution < 1.29 is 0 Å². The van der Waals surface area contributed by atoms with E-state index in [-0.39, 0.29) is 0 Å². The fourth-order valence-electron chi connectivity index (χ4n) is 2.64.